The van der Waals surface area contributed by atoms with Crippen molar-refractivity contribution in [2.45, 2.75) is 70.2 Å². The number of rotatable bonds is 15. The number of aromatic nitrogens is 2. The predicted octanol–water partition coefficient (Wildman–Crippen LogP) is 8.16. The molecule has 56 heavy (non-hydrogen) atoms. The van der Waals surface area contributed by atoms with Crippen LogP contribution in [0.5, 0.6) is 11.5 Å². The summed E-state index contributed by atoms with van der Waals surface area (Å²) < 4.78 is 52.0. The Kier molecular flexibility index (Phi) is 13.0. The van der Waals surface area contributed by atoms with Crippen molar-refractivity contribution in [3.63, 3.8) is 0 Å². The molecule has 294 valence electrons. The van der Waals surface area contributed by atoms with Crippen LogP contribution in [0.2, 0.25) is 0 Å². The summed E-state index contributed by atoms with van der Waals surface area (Å²) in [7, 11) is 1.80. The lowest BCUT2D eigenvalue weighted by atomic mass is 9.80. The van der Waals surface area contributed by atoms with Gasteiger partial charge in [0.05, 0.1) is 14.2 Å². The molecule has 1 fully saturated rings. The molecule has 1 N–H and O–H groups in total. The maximum atomic E-state index is 17.3. The first-order chi connectivity index (χ1) is 27.0. The molecule has 4 aromatic carbocycles. The van der Waals surface area contributed by atoms with Crippen molar-refractivity contribution in [2.75, 3.05) is 26.2 Å². The zero-order valence-corrected chi connectivity index (χ0v) is 33.4. The van der Waals surface area contributed by atoms with E-state index >= 15 is 4.39 Å². The lowest BCUT2D eigenvalue weighted by Gasteiger charge is -2.40. The van der Waals surface area contributed by atoms with Crippen molar-refractivity contribution in [2.24, 2.45) is 0 Å². The Bertz CT molecular complexity index is 2050. The maximum Gasteiger partial charge on any atom is 0.351 e. The van der Waals surface area contributed by atoms with Gasteiger partial charge in [-0.2, -0.15) is 4.98 Å². The zero-order valence-electron chi connectivity index (χ0n) is 32.5. The molecule has 2 heterocycles. The van der Waals surface area contributed by atoms with Crippen LogP contribution < -0.4 is 20.5 Å². The first kappa shape index (κ1) is 40.7. The minimum atomic E-state index is -1.88. The number of nitrogens with zero attached hydrogens (tertiary/aromatic N) is 3. The highest BCUT2D eigenvalue weighted by Gasteiger charge is 2.53. The van der Waals surface area contributed by atoms with Crippen LogP contribution in [0.3, 0.4) is 0 Å². The Morgan fingerprint density at radius 3 is 1.84 bits per heavy atom. The fourth-order valence-corrected chi connectivity index (χ4v) is 9.14. The Hall–Kier alpha value is -4.97. The molecule has 5 atom stereocenters. The van der Waals surface area contributed by atoms with Crippen molar-refractivity contribution < 1.29 is 32.7 Å². The van der Waals surface area contributed by atoms with Gasteiger partial charge in [0.2, 0.25) is 0 Å². The fourth-order valence-electron chi connectivity index (χ4n) is 7.16. The van der Waals surface area contributed by atoms with Gasteiger partial charge in [0, 0.05) is 23.8 Å². The van der Waals surface area contributed by atoms with Crippen molar-refractivity contribution >= 4 is 20.0 Å². The van der Waals surface area contributed by atoms with E-state index in [1.807, 2.05) is 85.5 Å². The highest BCUT2D eigenvalue weighted by molar-refractivity contribution is 7.49. The summed E-state index contributed by atoms with van der Waals surface area (Å²) in [6.07, 6.45) is -4.66. The molecule has 13 heteroatoms. The molecule has 1 amide bonds. The van der Waals surface area contributed by atoms with E-state index in [-0.39, 0.29) is 17.9 Å². The second-order valence-corrected chi connectivity index (χ2v) is 15.5. The van der Waals surface area contributed by atoms with Gasteiger partial charge in [-0.15, -0.1) is 0 Å². The number of methoxy groups -OCH3 is 2. The highest BCUT2D eigenvalue weighted by atomic mass is 31.2. The van der Waals surface area contributed by atoms with Crippen LogP contribution >= 0.6 is 8.30 Å². The molecule has 1 aliphatic heterocycles. The molecule has 1 unspecified atom stereocenters. The third-order valence-corrected chi connectivity index (χ3v) is 11.8. The zero-order chi connectivity index (χ0) is 40.0. The van der Waals surface area contributed by atoms with Crippen LogP contribution in [0.1, 0.15) is 61.0 Å². The van der Waals surface area contributed by atoms with Gasteiger partial charge in [-0.3, -0.25) is 14.0 Å². The SMILES string of the molecule is COc1ccc(C(O[C@H]2O[C@@H](n3ccc(NC(=O)c4ccccc4)nc3=O)[C@H](F)[C@@H]2OP(C)N(C(C)C)C(C)C)(c2ccccc2)c2ccc(OC)cc2)cc1. The Balaban J connectivity index is 1.45. The molecule has 6 rings (SSSR count). The second-order valence-electron chi connectivity index (χ2n) is 13.9. The maximum absolute atomic E-state index is 17.3. The van der Waals surface area contributed by atoms with E-state index in [0.717, 1.165) is 10.1 Å². The fraction of sp³-hybridized carbons (Fsp3) is 0.326. The largest absolute Gasteiger partial charge is 0.497 e. The van der Waals surface area contributed by atoms with Gasteiger partial charge in [0.1, 0.15) is 37.3 Å². The van der Waals surface area contributed by atoms with Gasteiger partial charge in [-0.1, -0.05) is 72.8 Å². The summed E-state index contributed by atoms with van der Waals surface area (Å²) in [5.41, 5.74) is 0.327. The quantitative estimate of drug-likeness (QED) is 0.0831. The average Bonchev–Trinajstić information content (AvgIpc) is 3.50. The first-order valence-corrected chi connectivity index (χ1v) is 20.1. The number of alkyl halides is 1. The number of benzene rings is 4. The number of anilines is 1. The topological polar surface area (TPSA) is 113 Å². The standard InChI is InChI=1S/C43H48FN4O7P/c1-28(2)48(29(3)4)56(7)55-38-37(44)40(47-27-26-36(46-42(47)50)45-39(49)30-14-10-8-11-15-30)53-41(38)54-43(31-16-12-9-13-17-31,32-18-22-34(51-5)23-19-32)33-20-24-35(52-6)25-21-33/h8-29,37-38,40-41H,1-7H3,(H,45,46,49,50)/t37-,38+,40-,41-,56?/m1/s1. The number of ether oxygens (including phenoxy) is 4. The molecule has 1 aromatic heterocycles. The monoisotopic (exact) mass is 782 g/mol. The number of carbonyl (C=O) groups excluding carboxylic acids is 1. The lowest BCUT2D eigenvalue weighted by molar-refractivity contribution is -0.213. The third-order valence-electron chi connectivity index (χ3n) is 9.63. The smallest absolute Gasteiger partial charge is 0.351 e. The van der Waals surface area contributed by atoms with Crippen molar-refractivity contribution in [3.05, 3.63) is 154 Å². The molecular formula is C43H48FN4O7P. The molecule has 0 spiro atoms. The Labute approximate surface area is 328 Å². The lowest BCUT2D eigenvalue weighted by Crippen LogP contribution is -2.43. The minimum absolute atomic E-state index is 0.0119. The van der Waals surface area contributed by atoms with Crippen LogP contribution in [-0.4, -0.2) is 71.7 Å². The summed E-state index contributed by atoms with van der Waals surface area (Å²) in [5, 5.41) is 2.64. The Morgan fingerprint density at radius 2 is 1.34 bits per heavy atom. The third kappa shape index (κ3) is 8.55. The summed E-state index contributed by atoms with van der Waals surface area (Å²) in [6.45, 7) is 10.2. The summed E-state index contributed by atoms with van der Waals surface area (Å²) >= 11 is 0. The molecule has 0 radical (unpaired) electrons. The molecule has 0 saturated carbocycles. The average molecular weight is 783 g/mol. The number of hydrogen-bond donors (Lipinski definition) is 1. The van der Waals surface area contributed by atoms with Gasteiger partial charge < -0.3 is 28.8 Å². The number of hydrogen-bond acceptors (Lipinski definition) is 9. The van der Waals surface area contributed by atoms with Gasteiger partial charge >= 0.3 is 5.69 Å². The van der Waals surface area contributed by atoms with E-state index in [1.165, 1.54) is 12.3 Å². The summed E-state index contributed by atoms with van der Waals surface area (Å²) in [5.74, 6) is 0.852. The van der Waals surface area contributed by atoms with Crippen molar-refractivity contribution in [1.82, 2.24) is 14.2 Å². The summed E-state index contributed by atoms with van der Waals surface area (Å²) in [4.78, 5) is 30.5. The van der Waals surface area contributed by atoms with E-state index in [0.29, 0.717) is 28.2 Å². The normalized spacial score (nSPS) is 19.0. The van der Waals surface area contributed by atoms with E-state index in [4.69, 9.17) is 23.5 Å². The predicted molar refractivity (Wildman–Crippen MR) is 215 cm³/mol. The van der Waals surface area contributed by atoms with Gasteiger partial charge in [-0.25, -0.2) is 9.18 Å². The second kappa shape index (κ2) is 17.9. The van der Waals surface area contributed by atoms with E-state index in [1.54, 1.807) is 44.6 Å². The van der Waals surface area contributed by atoms with Gasteiger partial charge in [-0.05, 0) is 93.5 Å². The molecule has 1 aliphatic rings. The number of halogens is 1. The number of amides is 1. The van der Waals surface area contributed by atoms with E-state index in [2.05, 4.69) is 42.7 Å². The van der Waals surface area contributed by atoms with Crippen LogP contribution in [-0.2, 0) is 19.6 Å². The van der Waals surface area contributed by atoms with Crippen molar-refractivity contribution in [1.29, 1.82) is 0 Å². The van der Waals surface area contributed by atoms with Crippen LogP contribution in [0.25, 0.3) is 0 Å². The van der Waals surface area contributed by atoms with Crippen LogP contribution in [0, 0.1) is 0 Å². The van der Waals surface area contributed by atoms with Gasteiger partial charge in [0.15, 0.2) is 18.7 Å². The minimum Gasteiger partial charge on any atom is -0.497 e. The number of nitrogens with one attached hydrogen (secondary N) is 1. The van der Waals surface area contributed by atoms with E-state index < -0.39 is 50.3 Å². The molecular weight excluding hydrogens is 734 g/mol. The Morgan fingerprint density at radius 1 is 0.821 bits per heavy atom. The van der Waals surface area contributed by atoms with Crippen LogP contribution in [0.15, 0.2) is 126 Å². The number of carbonyl (C=O) groups is 1. The molecule has 0 bridgehead atoms. The highest BCUT2D eigenvalue weighted by Crippen LogP contribution is 2.50. The van der Waals surface area contributed by atoms with E-state index in [9.17, 15) is 9.59 Å². The van der Waals surface area contributed by atoms with Gasteiger partial charge in [0.25, 0.3) is 5.91 Å². The summed E-state index contributed by atoms with van der Waals surface area (Å²) in [6, 6.07) is 34.7. The van der Waals surface area contributed by atoms with Crippen LogP contribution in [0.4, 0.5) is 10.2 Å². The first-order valence-electron chi connectivity index (χ1n) is 18.4. The molecule has 0 aliphatic carbocycles. The molecule has 1 saturated heterocycles. The molecule has 11 nitrogen and oxygen atoms in total. The van der Waals surface area contributed by atoms with Crippen molar-refractivity contribution in [3.8, 4) is 11.5 Å². The molecule has 5 aromatic rings.